The van der Waals surface area contributed by atoms with Gasteiger partial charge in [0.2, 0.25) is 10.0 Å². The smallest absolute Gasteiger partial charge is 0.262 e. The van der Waals surface area contributed by atoms with Crippen LogP contribution in [-0.4, -0.2) is 54.6 Å². The molecule has 10 heteroatoms. The van der Waals surface area contributed by atoms with Gasteiger partial charge in [-0.25, -0.2) is 16.8 Å². The van der Waals surface area contributed by atoms with Gasteiger partial charge in [-0.15, -0.1) is 0 Å². The first kappa shape index (κ1) is 21.6. The van der Waals surface area contributed by atoms with Crippen LogP contribution in [0.25, 0.3) is 0 Å². The molecule has 1 saturated heterocycles. The first-order valence-corrected chi connectivity index (χ1v) is 11.9. The van der Waals surface area contributed by atoms with Crippen molar-refractivity contribution in [3.8, 4) is 5.75 Å². The van der Waals surface area contributed by atoms with Crippen molar-refractivity contribution in [3.63, 3.8) is 0 Å². The molecule has 8 nitrogen and oxygen atoms in total. The highest BCUT2D eigenvalue weighted by molar-refractivity contribution is 7.92. The number of aryl methyl sites for hydroxylation is 2. The van der Waals surface area contributed by atoms with E-state index in [4.69, 9.17) is 9.47 Å². The second-order valence-corrected chi connectivity index (χ2v) is 10.4. The maximum Gasteiger partial charge on any atom is 0.262 e. The minimum atomic E-state index is -3.93. The number of morpholine rings is 1. The van der Waals surface area contributed by atoms with Crippen LogP contribution in [0.1, 0.15) is 11.1 Å². The normalized spacial score (nSPS) is 15.8. The number of methoxy groups -OCH3 is 1. The third-order valence-electron chi connectivity index (χ3n) is 4.81. The maximum absolute atomic E-state index is 12.9. The molecule has 1 aliphatic rings. The molecule has 0 spiro atoms. The highest BCUT2D eigenvalue weighted by Gasteiger charge is 2.28. The second-order valence-electron chi connectivity index (χ2n) is 6.73. The van der Waals surface area contributed by atoms with Crippen molar-refractivity contribution >= 4 is 25.7 Å². The maximum atomic E-state index is 12.9. The molecule has 3 rings (SSSR count). The quantitative estimate of drug-likeness (QED) is 0.738. The molecule has 29 heavy (non-hydrogen) atoms. The molecule has 1 N–H and O–H groups in total. The van der Waals surface area contributed by atoms with E-state index >= 15 is 0 Å². The summed E-state index contributed by atoms with van der Waals surface area (Å²) in [6.45, 7) is 4.85. The van der Waals surface area contributed by atoms with Crippen LogP contribution >= 0.6 is 0 Å². The Morgan fingerprint density at radius 3 is 2.21 bits per heavy atom. The van der Waals surface area contributed by atoms with Gasteiger partial charge < -0.3 is 9.47 Å². The third kappa shape index (κ3) is 4.55. The zero-order chi connectivity index (χ0) is 21.2. The Kier molecular flexibility index (Phi) is 6.18. The Hall–Kier alpha value is -2.14. The lowest BCUT2D eigenvalue weighted by Crippen LogP contribution is -2.40. The number of sulfonamides is 2. The summed E-state index contributed by atoms with van der Waals surface area (Å²) in [7, 11) is -6.32. The van der Waals surface area contributed by atoms with E-state index in [0.717, 1.165) is 11.1 Å². The molecule has 2 aromatic carbocycles. The lowest BCUT2D eigenvalue weighted by molar-refractivity contribution is 0.0730. The summed E-state index contributed by atoms with van der Waals surface area (Å²) in [5.41, 5.74) is 1.86. The van der Waals surface area contributed by atoms with E-state index < -0.39 is 20.0 Å². The van der Waals surface area contributed by atoms with E-state index in [0.29, 0.717) is 13.2 Å². The van der Waals surface area contributed by atoms with Crippen molar-refractivity contribution in [2.24, 2.45) is 0 Å². The molecule has 0 bridgehead atoms. The van der Waals surface area contributed by atoms with Crippen LogP contribution in [-0.2, 0) is 24.8 Å². The molecule has 158 valence electrons. The van der Waals surface area contributed by atoms with E-state index in [9.17, 15) is 16.8 Å². The van der Waals surface area contributed by atoms with E-state index in [1.807, 2.05) is 13.8 Å². The average molecular weight is 441 g/mol. The van der Waals surface area contributed by atoms with E-state index in [2.05, 4.69) is 4.72 Å². The first-order valence-electron chi connectivity index (χ1n) is 9.01. The predicted octanol–water partition coefficient (Wildman–Crippen LogP) is 2.13. The molecular weight excluding hydrogens is 416 g/mol. The largest absolute Gasteiger partial charge is 0.495 e. The van der Waals surface area contributed by atoms with Gasteiger partial charge in [0, 0.05) is 13.1 Å². The van der Waals surface area contributed by atoms with Crippen LogP contribution < -0.4 is 9.46 Å². The molecule has 0 amide bonds. The molecule has 1 aliphatic heterocycles. The van der Waals surface area contributed by atoms with Crippen molar-refractivity contribution < 1.29 is 26.3 Å². The van der Waals surface area contributed by atoms with Crippen LogP contribution in [0.2, 0.25) is 0 Å². The topological polar surface area (TPSA) is 102 Å². The SMILES string of the molecule is COc1ccc(S(=O)(=O)N2CCOCC2)cc1NS(=O)(=O)c1ccc(C)c(C)c1. The van der Waals surface area contributed by atoms with Gasteiger partial charge in [0.1, 0.15) is 5.75 Å². The van der Waals surface area contributed by atoms with Gasteiger partial charge >= 0.3 is 0 Å². The lowest BCUT2D eigenvalue weighted by atomic mass is 10.1. The predicted molar refractivity (Wildman–Crippen MR) is 109 cm³/mol. The summed E-state index contributed by atoms with van der Waals surface area (Å²) in [4.78, 5) is 0.0714. The van der Waals surface area contributed by atoms with Crippen molar-refractivity contribution in [2.45, 2.75) is 23.6 Å². The van der Waals surface area contributed by atoms with Crippen molar-refractivity contribution in [1.29, 1.82) is 0 Å². The molecule has 0 unspecified atom stereocenters. The Bertz CT molecular complexity index is 1110. The zero-order valence-corrected chi connectivity index (χ0v) is 18.1. The van der Waals surface area contributed by atoms with E-state index in [1.165, 1.54) is 35.7 Å². The van der Waals surface area contributed by atoms with E-state index in [-0.39, 0.29) is 34.3 Å². The number of hydrogen-bond acceptors (Lipinski definition) is 6. The standard InChI is InChI=1S/C19H24N2O6S2/c1-14-4-5-16(12-15(14)2)28(22,23)20-18-13-17(6-7-19(18)26-3)29(24,25)21-8-10-27-11-9-21/h4-7,12-13,20H,8-11H2,1-3H3. The summed E-state index contributed by atoms with van der Waals surface area (Å²) >= 11 is 0. The summed E-state index contributed by atoms with van der Waals surface area (Å²) < 4.78 is 65.7. The van der Waals surface area contributed by atoms with Crippen LogP contribution in [0.15, 0.2) is 46.2 Å². The van der Waals surface area contributed by atoms with Crippen LogP contribution in [0.5, 0.6) is 5.75 Å². The first-order chi connectivity index (χ1) is 13.6. The van der Waals surface area contributed by atoms with Gasteiger partial charge in [-0.2, -0.15) is 4.31 Å². The minimum Gasteiger partial charge on any atom is -0.495 e. The van der Waals surface area contributed by atoms with Gasteiger partial charge in [0.25, 0.3) is 10.0 Å². The molecular formula is C19H24N2O6S2. The summed E-state index contributed by atoms with van der Waals surface area (Å²) in [5, 5.41) is 0. The summed E-state index contributed by atoms with van der Waals surface area (Å²) in [6.07, 6.45) is 0. The molecule has 0 atom stereocenters. The fraction of sp³-hybridized carbons (Fsp3) is 0.368. The molecule has 0 saturated carbocycles. The Morgan fingerprint density at radius 2 is 1.59 bits per heavy atom. The third-order valence-corrected chi connectivity index (χ3v) is 8.07. The number of nitrogens with zero attached hydrogens (tertiary/aromatic N) is 1. The number of benzene rings is 2. The molecule has 1 heterocycles. The van der Waals surface area contributed by atoms with Crippen LogP contribution in [0.4, 0.5) is 5.69 Å². The van der Waals surface area contributed by atoms with Crippen LogP contribution in [0.3, 0.4) is 0 Å². The highest BCUT2D eigenvalue weighted by atomic mass is 32.2. The minimum absolute atomic E-state index is 0.0158. The molecule has 1 fully saturated rings. The van der Waals surface area contributed by atoms with Gasteiger partial charge in [-0.05, 0) is 55.3 Å². The van der Waals surface area contributed by atoms with Crippen molar-refractivity contribution in [2.75, 3.05) is 38.1 Å². The second kappa shape index (κ2) is 8.31. The Morgan fingerprint density at radius 1 is 0.931 bits per heavy atom. The number of rotatable bonds is 6. The van der Waals surface area contributed by atoms with Gasteiger partial charge in [-0.3, -0.25) is 4.72 Å². The van der Waals surface area contributed by atoms with Gasteiger partial charge in [-0.1, -0.05) is 6.07 Å². The number of hydrogen-bond donors (Lipinski definition) is 1. The Balaban J connectivity index is 1.98. The number of nitrogens with one attached hydrogen (secondary N) is 1. The zero-order valence-electron chi connectivity index (χ0n) is 16.5. The summed E-state index contributed by atoms with van der Waals surface area (Å²) in [6, 6.07) is 8.91. The molecule has 0 aromatic heterocycles. The number of ether oxygens (including phenoxy) is 2. The highest BCUT2D eigenvalue weighted by Crippen LogP contribution is 2.31. The Labute approximate surface area is 171 Å². The monoisotopic (exact) mass is 440 g/mol. The van der Waals surface area contributed by atoms with Gasteiger partial charge in [0.15, 0.2) is 0 Å². The van der Waals surface area contributed by atoms with Crippen molar-refractivity contribution in [1.82, 2.24) is 4.31 Å². The fourth-order valence-electron chi connectivity index (χ4n) is 2.95. The average Bonchev–Trinajstić information content (AvgIpc) is 2.70. The fourth-order valence-corrected chi connectivity index (χ4v) is 5.53. The number of anilines is 1. The van der Waals surface area contributed by atoms with Crippen LogP contribution in [0, 0.1) is 13.8 Å². The van der Waals surface area contributed by atoms with Gasteiger partial charge in [0.05, 0.1) is 35.8 Å². The molecule has 0 radical (unpaired) electrons. The lowest BCUT2D eigenvalue weighted by Gasteiger charge is -2.26. The van der Waals surface area contributed by atoms with Crippen molar-refractivity contribution in [3.05, 3.63) is 47.5 Å². The molecule has 2 aromatic rings. The molecule has 0 aliphatic carbocycles. The van der Waals surface area contributed by atoms with E-state index in [1.54, 1.807) is 12.1 Å². The summed E-state index contributed by atoms with van der Waals surface area (Å²) in [5.74, 6) is 0.221.